The van der Waals surface area contributed by atoms with Gasteiger partial charge in [0.2, 0.25) is 0 Å². The summed E-state index contributed by atoms with van der Waals surface area (Å²) in [4.78, 5) is 12.7. The molecule has 0 radical (unpaired) electrons. The Labute approximate surface area is 238 Å². The van der Waals surface area contributed by atoms with Crippen LogP contribution in [0.1, 0.15) is 34.0 Å². The van der Waals surface area contributed by atoms with E-state index in [1.807, 2.05) is 53.2 Å². The standard InChI is InChI=1S/C33H27ClN6/c1-20-13-14-21(2)27(19-20)36-31-33-37-32-29(22(3)38-40(32)25-9-5-4-6-10-25)30(23-15-17-24(34)18-16-23)39(33)28-12-8-7-11-26(28)35-31/h4-19,30H,1-3H3,(H,35,36). The maximum Gasteiger partial charge on any atom is 0.179 e. The summed E-state index contributed by atoms with van der Waals surface area (Å²) in [6.45, 7) is 6.25. The third-order valence-electron chi connectivity index (χ3n) is 7.47. The molecule has 0 fully saturated rings. The molecule has 40 heavy (non-hydrogen) atoms. The van der Waals surface area contributed by atoms with E-state index in [1.54, 1.807) is 0 Å². The largest absolute Gasteiger partial charge is 0.337 e. The number of nitrogens with zero attached hydrogens (tertiary/aromatic N) is 5. The third-order valence-corrected chi connectivity index (χ3v) is 7.72. The van der Waals surface area contributed by atoms with Crippen molar-refractivity contribution < 1.29 is 0 Å². The first-order valence-corrected chi connectivity index (χ1v) is 13.7. The predicted molar refractivity (Wildman–Crippen MR) is 164 cm³/mol. The molecule has 4 aromatic carbocycles. The molecular formula is C33H27ClN6. The molecule has 2 aliphatic rings. The molecule has 3 heterocycles. The van der Waals surface area contributed by atoms with Gasteiger partial charge in [0.1, 0.15) is 0 Å². The van der Waals surface area contributed by atoms with Gasteiger partial charge in [-0.05, 0) is 79.9 Å². The summed E-state index contributed by atoms with van der Waals surface area (Å²) in [7, 11) is 0. The summed E-state index contributed by atoms with van der Waals surface area (Å²) in [6.07, 6.45) is 0. The molecule has 1 atom stereocenters. The van der Waals surface area contributed by atoms with Gasteiger partial charge >= 0.3 is 0 Å². The van der Waals surface area contributed by atoms with Gasteiger partial charge in [0.05, 0.1) is 28.8 Å². The number of hydrogen-bond acceptors (Lipinski definition) is 5. The second kappa shape index (κ2) is 9.50. The highest BCUT2D eigenvalue weighted by Gasteiger charge is 2.41. The van der Waals surface area contributed by atoms with Gasteiger partial charge in [-0.15, -0.1) is 0 Å². The number of benzene rings is 4. The van der Waals surface area contributed by atoms with Crippen molar-refractivity contribution in [1.29, 1.82) is 0 Å². The number of hydrogen-bond donors (Lipinski definition) is 1. The van der Waals surface area contributed by atoms with Crippen molar-refractivity contribution in [3.8, 4) is 5.69 Å². The molecule has 0 aliphatic carbocycles. The van der Waals surface area contributed by atoms with Crippen LogP contribution in [0.2, 0.25) is 5.02 Å². The zero-order valence-corrected chi connectivity index (χ0v) is 23.2. The second-order valence-electron chi connectivity index (χ2n) is 10.2. The van der Waals surface area contributed by atoms with Gasteiger partial charge in [-0.3, -0.25) is 0 Å². The van der Waals surface area contributed by atoms with Crippen LogP contribution in [0.25, 0.3) is 5.69 Å². The number of halogens is 1. The van der Waals surface area contributed by atoms with Crippen LogP contribution in [0.5, 0.6) is 0 Å². The van der Waals surface area contributed by atoms with Crippen LogP contribution in [0, 0.1) is 20.8 Å². The predicted octanol–water partition coefficient (Wildman–Crippen LogP) is 8.25. The molecule has 6 nitrogen and oxygen atoms in total. The first kappa shape index (κ1) is 24.4. The summed E-state index contributed by atoms with van der Waals surface area (Å²) in [6, 6.07) is 32.6. The summed E-state index contributed by atoms with van der Waals surface area (Å²) >= 11 is 6.34. The van der Waals surface area contributed by atoms with Crippen molar-refractivity contribution in [1.82, 2.24) is 9.78 Å². The molecule has 7 heteroatoms. The Kier molecular flexibility index (Phi) is 5.79. The first-order chi connectivity index (χ1) is 19.5. The van der Waals surface area contributed by atoms with E-state index < -0.39 is 0 Å². The Balaban J connectivity index is 1.50. The van der Waals surface area contributed by atoms with E-state index in [2.05, 4.69) is 79.5 Å². The lowest BCUT2D eigenvalue weighted by atomic mass is 9.93. The van der Waals surface area contributed by atoms with Crippen LogP contribution >= 0.6 is 11.6 Å². The van der Waals surface area contributed by atoms with Gasteiger partial charge in [-0.25, -0.2) is 14.7 Å². The minimum atomic E-state index is -0.190. The number of fused-ring (bicyclic) bond motifs is 4. The molecule has 1 unspecified atom stereocenters. The van der Waals surface area contributed by atoms with E-state index in [-0.39, 0.29) is 6.04 Å². The van der Waals surface area contributed by atoms with Crippen LogP contribution in [-0.2, 0) is 0 Å². The van der Waals surface area contributed by atoms with E-state index in [1.165, 1.54) is 5.56 Å². The van der Waals surface area contributed by atoms with Crippen LogP contribution < -0.4 is 10.2 Å². The molecule has 1 aromatic heterocycles. The van der Waals surface area contributed by atoms with Gasteiger partial charge in [0.15, 0.2) is 17.5 Å². The van der Waals surface area contributed by atoms with Crippen LogP contribution in [0.4, 0.5) is 22.9 Å². The lowest BCUT2D eigenvalue weighted by Gasteiger charge is -2.40. The Morgan fingerprint density at radius 2 is 1.55 bits per heavy atom. The Morgan fingerprint density at radius 3 is 2.35 bits per heavy atom. The molecule has 5 aromatic rings. The average Bonchev–Trinajstić information content (AvgIpc) is 3.31. The topological polar surface area (TPSA) is 57.8 Å². The fourth-order valence-electron chi connectivity index (χ4n) is 5.51. The summed E-state index contributed by atoms with van der Waals surface area (Å²) < 4.78 is 1.94. The number of para-hydroxylation sites is 3. The number of amidine groups is 2. The molecule has 0 spiro atoms. The lowest BCUT2D eigenvalue weighted by molar-refractivity contribution is 0.815. The summed E-state index contributed by atoms with van der Waals surface area (Å²) in [5.41, 5.74) is 9.20. The maximum absolute atomic E-state index is 6.34. The zero-order valence-electron chi connectivity index (χ0n) is 22.4. The van der Waals surface area contributed by atoms with E-state index >= 15 is 0 Å². The molecule has 196 valence electrons. The Morgan fingerprint density at radius 1 is 0.800 bits per heavy atom. The van der Waals surface area contributed by atoms with Gasteiger partial charge < -0.3 is 10.2 Å². The van der Waals surface area contributed by atoms with Gasteiger partial charge in [0.25, 0.3) is 0 Å². The number of aryl methyl sites for hydroxylation is 3. The SMILES string of the molecule is Cc1ccc(C)c(NC2=Nc3ccccc3N3C2=Nc2c(c(C)nn2-c2ccccc2)C3c2ccc(Cl)cc2)c1. The van der Waals surface area contributed by atoms with E-state index in [0.717, 1.165) is 56.8 Å². The molecule has 0 bridgehead atoms. The molecular weight excluding hydrogens is 516 g/mol. The minimum Gasteiger partial charge on any atom is -0.337 e. The van der Waals surface area contributed by atoms with E-state index in [9.17, 15) is 0 Å². The molecule has 0 saturated heterocycles. The number of nitrogens with one attached hydrogen (secondary N) is 1. The van der Waals surface area contributed by atoms with Crippen molar-refractivity contribution in [3.05, 3.63) is 130 Å². The van der Waals surface area contributed by atoms with Crippen LogP contribution in [0.15, 0.2) is 107 Å². The first-order valence-electron chi connectivity index (χ1n) is 13.3. The van der Waals surface area contributed by atoms with Gasteiger partial charge in [-0.2, -0.15) is 5.10 Å². The molecule has 0 amide bonds. The summed E-state index contributed by atoms with van der Waals surface area (Å²) in [5, 5.41) is 9.33. The van der Waals surface area contributed by atoms with E-state index in [0.29, 0.717) is 10.9 Å². The van der Waals surface area contributed by atoms with E-state index in [4.69, 9.17) is 26.7 Å². The Bertz CT molecular complexity index is 1820. The number of rotatable bonds is 3. The molecule has 7 rings (SSSR count). The smallest absolute Gasteiger partial charge is 0.179 e. The Hall–Kier alpha value is -4.68. The highest BCUT2D eigenvalue weighted by atomic mass is 35.5. The van der Waals surface area contributed by atoms with Crippen molar-refractivity contribution >= 4 is 46.2 Å². The quantitative estimate of drug-likeness (QED) is 0.250. The summed E-state index contributed by atoms with van der Waals surface area (Å²) in [5.74, 6) is 2.23. The monoisotopic (exact) mass is 542 g/mol. The van der Waals surface area contributed by atoms with Crippen molar-refractivity contribution in [3.63, 3.8) is 0 Å². The van der Waals surface area contributed by atoms with Crippen LogP contribution in [-0.4, -0.2) is 21.5 Å². The highest BCUT2D eigenvalue weighted by molar-refractivity contribution is 6.51. The normalized spacial score (nSPS) is 15.5. The lowest BCUT2D eigenvalue weighted by Crippen LogP contribution is -2.46. The second-order valence-corrected chi connectivity index (χ2v) is 10.7. The molecule has 0 saturated carbocycles. The minimum absolute atomic E-state index is 0.190. The van der Waals surface area contributed by atoms with Crippen molar-refractivity contribution in [2.45, 2.75) is 26.8 Å². The third kappa shape index (κ3) is 4.00. The van der Waals surface area contributed by atoms with Crippen LogP contribution in [0.3, 0.4) is 0 Å². The van der Waals surface area contributed by atoms with Gasteiger partial charge in [-0.1, -0.05) is 66.2 Å². The van der Waals surface area contributed by atoms with Crippen molar-refractivity contribution in [2.75, 3.05) is 10.2 Å². The van der Waals surface area contributed by atoms with Gasteiger partial charge in [0, 0.05) is 16.3 Å². The maximum atomic E-state index is 6.34. The fourth-order valence-corrected chi connectivity index (χ4v) is 5.63. The van der Waals surface area contributed by atoms with Crippen molar-refractivity contribution in [2.24, 2.45) is 9.98 Å². The zero-order chi connectivity index (χ0) is 27.4. The average molecular weight is 543 g/mol. The highest BCUT2D eigenvalue weighted by Crippen LogP contribution is 2.48. The molecule has 1 N–H and O–H groups in total. The number of aromatic nitrogens is 2. The number of aliphatic imine (C=N–C) groups is 2. The molecule has 2 aliphatic heterocycles. The fraction of sp³-hybridized carbons (Fsp3) is 0.121. The number of anilines is 2.